The van der Waals surface area contributed by atoms with Crippen molar-refractivity contribution >= 4 is 27.4 Å². The minimum absolute atomic E-state index is 0.000832. The molecule has 32 heavy (non-hydrogen) atoms. The zero-order valence-corrected chi connectivity index (χ0v) is 18.7. The van der Waals surface area contributed by atoms with Gasteiger partial charge < -0.3 is 5.32 Å². The Morgan fingerprint density at radius 3 is 2.09 bits per heavy atom. The molecule has 0 heterocycles. The van der Waals surface area contributed by atoms with Crippen LogP contribution >= 0.6 is 0 Å². The van der Waals surface area contributed by atoms with Gasteiger partial charge >= 0.3 is 0 Å². The van der Waals surface area contributed by atoms with E-state index in [0.29, 0.717) is 0 Å². The van der Waals surface area contributed by atoms with Gasteiger partial charge in [-0.3, -0.25) is 9.59 Å². The molecule has 8 heteroatoms. The maximum Gasteiger partial charge on any atom is 0.256 e. The van der Waals surface area contributed by atoms with Gasteiger partial charge in [0.05, 0.1) is 10.5 Å². The standard InChI is InChI=1S/C24H23FN2O4S/c1-24(2,3)27-32(30,31)19-8-6-7-18(15-19)26-23(29)21-10-5-4-9-20(21)22(28)16-11-13-17(25)14-12-16/h4-15,27H,1-3H3,(H,26,29). The Hall–Kier alpha value is -3.36. The lowest BCUT2D eigenvalue weighted by molar-refractivity contribution is 0.0996. The Balaban J connectivity index is 1.88. The quantitative estimate of drug-likeness (QED) is 0.541. The van der Waals surface area contributed by atoms with Gasteiger partial charge in [0.2, 0.25) is 10.0 Å². The summed E-state index contributed by atoms with van der Waals surface area (Å²) in [5, 5.41) is 2.65. The number of benzene rings is 3. The Labute approximate surface area is 186 Å². The van der Waals surface area contributed by atoms with Gasteiger partial charge in [-0.05, 0) is 69.3 Å². The SMILES string of the molecule is CC(C)(C)NS(=O)(=O)c1cccc(NC(=O)c2ccccc2C(=O)c2ccc(F)cc2)c1. The van der Waals surface area contributed by atoms with E-state index in [0.717, 1.165) is 0 Å². The number of rotatable bonds is 6. The lowest BCUT2D eigenvalue weighted by atomic mass is 9.98. The molecule has 0 aromatic heterocycles. The molecule has 0 bridgehead atoms. The lowest BCUT2D eigenvalue weighted by Gasteiger charge is -2.20. The van der Waals surface area contributed by atoms with Crippen molar-refractivity contribution in [3.05, 3.63) is 95.3 Å². The van der Waals surface area contributed by atoms with Gasteiger partial charge in [0.25, 0.3) is 5.91 Å². The molecule has 6 nitrogen and oxygen atoms in total. The fraction of sp³-hybridized carbons (Fsp3) is 0.167. The van der Waals surface area contributed by atoms with Crippen molar-refractivity contribution in [2.45, 2.75) is 31.2 Å². The van der Waals surface area contributed by atoms with Crippen LogP contribution in [0.5, 0.6) is 0 Å². The monoisotopic (exact) mass is 454 g/mol. The Bertz CT molecular complexity index is 1260. The number of carbonyl (C=O) groups is 2. The summed E-state index contributed by atoms with van der Waals surface area (Å²) >= 11 is 0. The summed E-state index contributed by atoms with van der Waals surface area (Å²) in [6, 6.07) is 17.1. The highest BCUT2D eigenvalue weighted by molar-refractivity contribution is 7.89. The van der Waals surface area contributed by atoms with Crippen LogP contribution < -0.4 is 10.0 Å². The summed E-state index contributed by atoms with van der Waals surface area (Å²) in [4.78, 5) is 25.8. The van der Waals surface area contributed by atoms with E-state index in [1.807, 2.05) is 0 Å². The molecule has 0 saturated carbocycles. The molecular formula is C24H23FN2O4S. The number of nitrogens with one attached hydrogen (secondary N) is 2. The van der Waals surface area contributed by atoms with Crippen molar-refractivity contribution in [2.75, 3.05) is 5.32 Å². The predicted octanol–water partition coefficient (Wildman–Crippen LogP) is 4.39. The zero-order chi connectivity index (χ0) is 23.5. The molecule has 0 saturated heterocycles. The first kappa shape index (κ1) is 23.3. The minimum Gasteiger partial charge on any atom is -0.322 e. The first-order valence-corrected chi connectivity index (χ1v) is 11.3. The molecule has 3 rings (SSSR count). The molecule has 0 fully saturated rings. The van der Waals surface area contributed by atoms with Crippen LogP contribution in [0, 0.1) is 5.82 Å². The van der Waals surface area contributed by atoms with E-state index in [1.54, 1.807) is 39.0 Å². The number of amides is 1. The number of carbonyl (C=O) groups excluding carboxylic acids is 2. The molecule has 2 N–H and O–H groups in total. The third-order valence-electron chi connectivity index (χ3n) is 4.37. The van der Waals surface area contributed by atoms with E-state index in [1.165, 1.54) is 54.6 Å². The molecule has 0 radical (unpaired) electrons. The van der Waals surface area contributed by atoms with Gasteiger partial charge in [-0.25, -0.2) is 17.5 Å². The maximum absolute atomic E-state index is 13.2. The fourth-order valence-corrected chi connectivity index (χ4v) is 4.50. The van der Waals surface area contributed by atoms with Crippen molar-refractivity contribution in [3.63, 3.8) is 0 Å². The molecule has 0 atom stereocenters. The summed E-state index contributed by atoms with van der Waals surface area (Å²) in [6.07, 6.45) is 0. The van der Waals surface area contributed by atoms with Crippen LogP contribution in [0.2, 0.25) is 0 Å². The number of anilines is 1. The van der Waals surface area contributed by atoms with Crippen LogP contribution in [0.3, 0.4) is 0 Å². The van der Waals surface area contributed by atoms with Gasteiger partial charge in [0.15, 0.2) is 5.78 Å². The topological polar surface area (TPSA) is 92.3 Å². The number of hydrogen-bond acceptors (Lipinski definition) is 4. The average molecular weight is 455 g/mol. The van der Waals surface area contributed by atoms with Crippen molar-refractivity contribution in [3.8, 4) is 0 Å². The third kappa shape index (κ3) is 5.66. The molecule has 1 amide bonds. The zero-order valence-electron chi connectivity index (χ0n) is 17.8. The van der Waals surface area contributed by atoms with Crippen LogP contribution in [0.1, 0.15) is 47.1 Å². The molecule has 0 spiro atoms. The van der Waals surface area contributed by atoms with Crippen LogP contribution in [0.25, 0.3) is 0 Å². The van der Waals surface area contributed by atoms with Gasteiger partial charge in [0, 0.05) is 22.4 Å². The van der Waals surface area contributed by atoms with E-state index in [2.05, 4.69) is 10.0 Å². The van der Waals surface area contributed by atoms with Gasteiger partial charge in [-0.2, -0.15) is 0 Å². The number of sulfonamides is 1. The normalized spacial score (nSPS) is 11.8. The van der Waals surface area contributed by atoms with E-state index >= 15 is 0 Å². The molecule has 3 aromatic carbocycles. The second-order valence-corrected chi connectivity index (χ2v) is 9.90. The number of halogens is 1. The first-order chi connectivity index (χ1) is 15.0. The minimum atomic E-state index is -3.79. The highest BCUT2D eigenvalue weighted by atomic mass is 32.2. The second-order valence-electron chi connectivity index (χ2n) is 8.22. The Morgan fingerprint density at radius 2 is 1.47 bits per heavy atom. The summed E-state index contributed by atoms with van der Waals surface area (Å²) in [6.45, 7) is 5.18. The second kappa shape index (κ2) is 9.02. The van der Waals surface area contributed by atoms with Crippen molar-refractivity contribution < 1.29 is 22.4 Å². The van der Waals surface area contributed by atoms with E-state index in [4.69, 9.17) is 0 Å². The summed E-state index contributed by atoms with van der Waals surface area (Å²) in [5.41, 5.74) is 0.0964. The Kier molecular flexibility index (Phi) is 6.57. The van der Waals surface area contributed by atoms with Crippen molar-refractivity contribution in [1.82, 2.24) is 4.72 Å². The maximum atomic E-state index is 13.2. The fourth-order valence-electron chi connectivity index (χ4n) is 3.04. The molecule has 0 unspecified atom stereocenters. The lowest BCUT2D eigenvalue weighted by Crippen LogP contribution is -2.40. The van der Waals surface area contributed by atoms with E-state index in [9.17, 15) is 22.4 Å². The summed E-state index contributed by atoms with van der Waals surface area (Å²) in [7, 11) is -3.79. The highest BCUT2D eigenvalue weighted by Gasteiger charge is 2.23. The molecule has 166 valence electrons. The van der Waals surface area contributed by atoms with Crippen molar-refractivity contribution in [2.24, 2.45) is 0 Å². The first-order valence-electron chi connectivity index (χ1n) is 9.81. The van der Waals surface area contributed by atoms with Crippen molar-refractivity contribution in [1.29, 1.82) is 0 Å². The van der Waals surface area contributed by atoms with Crippen LogP contribution in [-0.2, 0) is 10.0 Å². The predicted molar refractivity (Wildman–Crippen MR) is 121 cm³/mol. The van der Waals surface area contributed by atoms with Crippen LogP contribution in [0.15, 0.2) is 77.7 Å². The summed E-state index contributed by atoms with van der Waals surface area (Å²) in [5.74, 6) is -1.47. The molecular weight excluding hydrogens is 431 g/mol. The molecule has 0 aliphatic carbocycles. The van der Waals surface area contributed by atoms with Crippen LogP contribution in [0.4, 0.5) is 10.1 Å². The highest BCUT2D eigenvalue weighted by Crippen LogP contribution is 2.20. The van der Waals surface area contributed by atoms with E-state index in [-0.39, 0.29) is 27.3 Å². The third-order valence-corrected chi connectivity index (χ3v) is 6.12. The Morgan fingerprint density at radius 1 is 0.844 bits per heavy atom. The van der Waals surface area contributed by atoms with Gasteiger partial charge in [-0.15, -0.1) is 0 Å². The van der Waals surface area contributed by atoms with E-state index < -0.39 is 33.1 Å². The molecule has 3 aromatic rings. The molecule has 0 aliphatic heterocycles. The number of ketones is 1. The average Bonchev–Trinajstić information content (AvgIpc) is 2.72. The summed E-state index contributed by atoms with van der Waals surface area (Å²) < 4.78 is 40.9. The smallest absolute Gasteiger partial charge is 0.256 e. The van der Waals surface area contributed by atoms with Crippen LogP contribution in [-0.4, -0.2) is 25.6 Å². The van der Waals surface area contributed by atoms with Gasteiger partial charge in [0.1, 0.15) is 5.82 Å². The number of hydrogen-bond donors (Lipinski definition) is 2. The molecule has 0 aliphatic rings. The van der Waals surface area contributed by atoms with Gasteiger partial charge in [-0.1, -0.05) is 24.3 Å². The largest absolute Gasteiger partial charge is 0.322 e.